The molecule has 0 unspecified atom stereocenters. The number of benzene rings is 2. The molecule has 0 aliphatic carbocycles. The summed E-state index contributed by atoms with van der Waals surface area (Å²) in [6, 6.07) is 12.9. The highest BCUT2D eigenvalue weighted by atomic mass is 16.6. The third-order valence-corrected chi connectivity index (χ3v) is 3.36. The van der Waals surface area contributed by atoms with Crippen LogP contribution in [0.4, 0.5) is 0 Å². The van der Waals surface area contributed by atoms with E-state index in [0.29, 0.717) is 17.9 Å². The number of rotatable bonds is 5. The Bertz CT molecular complexity index is 697. The van der Waals surface area contributed by atoms with Crippen molar-refractivity contribution in [1.29, 1.82) is 0 Å². The quantitative estimate of drug-likeness (QED) is 0.836. The highest BCUT2D eigenvalue weighted by Crippen LogP contribution is 2.31. The molecule has 0 amide bonds. The Morgan fingerprint density at radius 1 is 1.08 bits per heavy atom. The lowest BCUT2D eigenvalue weighted by molar-refractivity contribution is 0.00695. The number of carbonyl (C=O) groups excluding carboxylic acids is 1. The van der Waals surface area contributed by atoms with E-state index in [1.165, 1.54) is 0 Å². The van der Waals surface area contributed by atoms with E-state index in [-0.39, 0.29) is 12.6 Å². The van der Waals surface area contributed by atoms with Gasteiger partial charge in [-0.2, -0.15) is 0 Å². The number of aliphatic hydroxyl groups is 1. The van der Waals surface area contributed by atoms with E-state index in [2.05, 4.69) is 0 Å². The minimum absolute atomic E-state index is 0.0298. The predicted octanol–water partition coefficient (Wildman–Crippen LogP) is 4.20. The first-order valence-electron chi connectivity index (χ1n) is 8.04. The van der Waals surface area contributed by atoms with E-state index in [4.69, 9.17) is 9.47 Å². The second-order valence-corrected chi connectivity index (χ2v) is 6.50. The van der Waals surface area contributed by atoms with Crippen molar-refractivity contribution in [2.24, 2.45) is 0 Å². The van der Waals surface area contributed by atoms with Crippen LogP contribution in [0.3, 0.4) is 0 Å². The lowest BCUT2D eigenvalue weighted by Gasteiger charge is -2.19. The lowest BCUT2D eigenvalue weighted by atomic mass is 10.0. The van der Waals surface area contributed by atoms with Crippen LogP contribution in [0.2, 0.25) is 0 Å². The fourth-order valence-corrected chi connectivity index (χ4v) is 2.30. The topological polar surface area (TPSA) is 55.8 Å². The van der Waals surface area contributed by atoms with Crippen LogP contribution in [0, 0.1) is 0 Å². The first-order chi connectivity index (χ1) is 11.3. The van der Waals surface area contributed by atoms with E-state index in [9.17, 15) is 9.90 Å². The normalized spacial score (nSPS) is 11.2. The summed E-state index contributed by atoms with van der Waals surface area (Å²) in [5.41, 5.74) is 2.66. The van der Waals surface area contributed by atoms with E-state index in [1.807, 2.05) is 58.0 Å². The Morgan fingerprint density at radius 3 is 2.29 bits per heavy atom. The van der Waals surface area contributed by atoms with Crippen molar-refractivity contribution in [1.82, 2.24) is 0 Å². The van der Waals surface area contributed by atoms with Gasteiger partial charge in [-0.1, -0.05) is 24.3 Å². The SMILES string of the molecule is CCOc1cc(CO)ccc1-c1ccc(C(=O)OC(C)(C)C)cc1. The molecule has 0 saturated carbocycles. The van der Waals surface area contributed by atoms with Gasteiger partial charge in [-0.3, -0.25) is 0 Å². The molecule has 2 aromatic rings. The minimum atomic E-state index is -0.516. The average Bonchev–Trinajstić information content (AvgIpc) is 2.53. The molecule has 0 heterocycles. The van der Waals surface area contributed by atoms with Crippen molar-refractivity contribution in [3.05, 3.63) is 53.6 Å². The minimum Gasteiger partial charge on any atom is -0.493 e. The molecule has 4 nitrogen and oxygen atoms in total. The van der Waals surface area contributed by atoms with Crippen LogP contribution in [-0.2, 0) is 11.3 Å². The molecule has 0 aliphatic heterocycles. The smallest absolute Gasteiger partial charge is 0.338 e. The predicted molar refractivity (Wildman–Crippen MR) is 94.1 cm³/mol. The van der Waals surface area contributed by atoms with Gasteiger partial charge in [0.15, 0.2) is 0 Å². The van der Waals surface area contributed by atoms with E-state index < -0.39 is 5.60 Å². The molecule has 2 aromatic carbocycles. The Labute approximate surface area is 143 Å². The van der Waals surface area contributed by atoms with Gasteiger partial charge in [0.2, 0.25) is 0 Å². The van der Waals surface area contributed by atoms with E-state index in [1.54, 1.807) is 12.1 Å². The summed E-state index contributed by atoms with van der Waals surface area (Å²) in [4.78, 5) is 12.1. The Morgan fingerprint density at radius 2 is 1.75 bits per heavy atom. The number of aliphatic hydroxyl groups excluding tert-OH is 1. The summed E-state index contributed by atoms with van der Waals surface area (Å²) in [5, 5.41) is 9.28. The van der Waals surface area contributed by atoms with Crippen molar-refractivity contribution in [3.63, 3.8) is 0 Å². The number of hydrogen-bond donors (Lipinski definition) is 1. The fraction of sp³-hybridized carbons (Fsp3) is 0.350. The zero-order chi connectivity index (χ0) is 17.7. The lowest BCUT2D eigenvalue weighted by Crippen LogP contribution is -2.23. The summed E-state index contributed by atoms with van der Waals surface area (Å²) in [7, 11) is 0. The van der Waals surface area contributed by atoms with Gasteiger partial charge in [-0.05, 0) is 57.0 Å². The Hall–Kier alpha value is -2.33. The van der Waals surface area contributed by atoms with E-state index in [0.717, 1.165) is 16.7 Å². The maximum absolute atomic E-state index is 12.1. The molecule has 0 bridgehead atoms. The molecule has 0 radical (unpaired) electrons. The van der Waals surface area contributed by atoms with Crippen LogP contribution in [-0.4, -0.2) is 23.3 Å². The van der Waals surface area contributed by atoms with Gasteiger partial charge in [-0.25, -0.2) is 4.79 Å². The molecule has 24 heavy (non-hydrogen) atoms. The first-order valence-corrected chi connectivity index (χ1v) is 8.04. The molecular weight excluding hydrogens is 304 g/mol. The van der Waals surface area contributed by atoms with Crippen LogP contribution >= 0.6 is 0 Å². The van der Waals surface area contributed by atoms with Crippen molar-refractivity contribution >= 4 is 5.97 Å². The molecule has 4 heteroatoms. The molecule has 2 rings (SSSR count). The van der Waals surface area contributed by atoms with Gasteiger partial charge in [0.05, 0.1) is 18.8 Å². The zero-order valence-electron chi connectivity index (χ0n) is 14.6. The summed E-state index contributed by atoms with van der Waals surface area (Å²) >= 11 is 0. The summed E-state index contributed by atoms with van der Waals surface area (Å²) in [6.45, 7) is 7.96. The van der Waals surface area contributed by atoms with Crippen LogP contribution in [0.15, 0.2) is 42.5 Å². The van der Waals surface area contributed by atoms with Crippen LogP contribution in [0.5, 0.6) is 5.75 Å². The second kappa shape index (κ2) is 7.49. The molecule has 1 N–H and O–H groups in total. The van der Waals surface area contributed by atoms with Crippen LogP contribution in [0.25, 0.3) is 11.1 Å². The highest BCUT2D eigenvalue weighted by Gasteiger charge is 2.18. The average molecular weight is 328 g/mol. The summed E-state index contributed by atoms with van der Waals surface area (Å²) in [5.74, 6) is 0.378. The van der Waals surface area contributed by atoms with Gasteiger partial charge < -0.3 is 14.6 Å². The maximum atomic E-state index is 12.1. The Balaban J connectivity index is 2.29. The molecule has 128 valence electrons. The number of esters is 1. The van der Waals surface area contributed by atoms with Crippen LogP contribution in [0.1, 0.15) is 43.6 Å². The molecular formula is C20H24O4. The summed E-state index contributed by atoms with van der Waals surface area (Å²) < 4.78 is 11.0. The number of ether oxygens (including phenoxy) is 2. The standard InChI is InChI=1S/C20H24O4/c1-5-23-18-12-14(13-21)6-11-17(18)15-7-9-16(10-8-15)19(22)24-20(2,3)4/h6-12,21H,5,13H2,1-4H3. The molecule has 0 aliphatic rings. The number of carbonyl (C=O) groups is 1. The molecule has 0 aromatic heterocycles. The molecule has 0 saturated heterocycles. The fourth-order valence-electron chi connectivity index (χ4n) is 2.30. The van der Waals surface area contributed by atoms with Gasteiger partial charge in [0.25, 0.3) is 0 Å². The second-order valence-electron chi connectivity index (χ2n) is 6.50. The monoisotopic (exact) mass is 328 g/mol. The summed E-state index contributed by atoms with van der Waals surface area (Å²) in [6.07, 6.45) is 0. The number of hydrogen-bond acceptors (Lipinski definition) is 4. The third-order valence-electron chi connectivity index (χ3n) is 3.36. The van der Waals surface area contributed by atoms with Gasteiger partial charge in [-0.15, -0.1) is 0 Å². The zero-order valence-corrected chi connectivity index (χ0v) is 14.6. The first kappa shape index (κ1) is 18.0. The Kier molecular flexibility index (Phi) is 5.62. The van der Waals surface area contributed by atoms with Crippen molar-refractivity contribution in [2.45, 2.75) is 39.9 Å². The van der Waals surface area contributed by atoms with Crippen LogP contribution < -0.4 is 4.74 Å². The van der Waals surface area contributed by atoms with Gasteiger partial charge >= 0.3 is 5.97 Å². The molecule has 0 atom stereocenters. The van der Waals surface area contributed by atoms with Crippen molar-refractivity contribution in [3.8, 4) is 16.9 Å². The van der Waals surface area contributed by atoms with E-state index >= 15 is 0 Å². The van der Waals surface area contributed by atoms with Gasteiger partial charge in [0.1, 0.15) is 11.4 Å². The largest absolute Gasteiger partial charge is 0.493 e. The maximum Gasteiger partial charge on any atom is 0.338 e. The third kappa shape index (κ3) is 4.59. The van der Waals surface area contributed by atoms with Gasteiger partial charge in [0, 0.05) is 5.56 Å². The molecule has 0 spiro atoms. The van der Waals surface area contributed by atoms with Crippen molar-refractivity contribution in [2.75, 3.05) is 6.61 Å². The highest BCUT2D eigenvalue weighted by molar-refractivity contribution is 5.90. The van der Waals surface area contributed by atoms with Crippen molar-refractivity contribution < 1.29 is 19.4 Å². The molecule has 0 fully saturated rings.